The number of nitrogens with two attached hydrogens (primary N) is 1. The molecule has 0 bridgehead atoms. The maximum Gasteiger partial charge on any atom is 0.125 e. The van der Waals surface area contributed by atoms with Gasteiger partial charge in [-0.3, -0.25) is 9.67 Å². The van der Waals surface area contributed by atoms with Gasteiger partial charge in [-0.1, -0.05) is 13.8 Å². The molecule has 17 heavy (non-hydrogen) atoms. The number of aromatic nitrogens is 3. The molecule has 0 aliphatic carbocycles. The van der Waals surface area contributed by atoms with Crippen LogP contribution in [0.4, 0.5) is 5.82 Å². The second-order valence-corrected chi connectivity index (χ2v) is 4.61. The van der Waals surface area contributed by atoms with E-state index >= 15 is 0 Å². The number of pyridine rings is 1. The quantitative estimate of drug-likeness (QED) is 0.862. The molecule has 4 nitrogen and oxygen atoms in total. The van der Waals surface area contributed by atoms with Crippen LogP contribution in [0.3, 0.4) is 0 Å². The van der Waals surface area contributed by atoms with Crippen LogP contribution >= 0.6 is 0 Å². The van der Waals surface area contributed by atoms with Crippen molar-refractivity contribution in [3.05, 3.63) is 29.6 Å². The van der Waals surface area contributed by atoms with E-state index in [4.69, 9.17) is 5.73 Å². The lowest BCUT2D eigenvalue weighted by Crippen LogP contribution is -2.00. The normalized spacial score (nSPS) is 11.1. The fourth-order valence-corrected chi connectivity index (χ4v) is 2.03. The summed E-state index contributed by atoms with van der Waals surface area (Å²) in [5.74, 6) is 1.09. The van der Waals surface area contributed by atoms with Gasteiger partial charge in [0, 0.05) is 30.1 Å². The number of nitrogens with zero attached hydrogens (tertiary/aromatic N) is 3. The standard InChI is InChI=1S/C13H18N4/c1-8(2)11-12(16-17(4)13(11)14)10-5-6-15-9(3)7-10/h5-8H,14H2,1-4H3. The number of hydrogen-bond donors (Lipinski definition) is 1. The lowest BCUT2D eigenvalue weighted by atomic mass is 9.99. The molecule has 2 aromatic heterocycles. The van der Waals surface area contributed by atoms with Crippen molar-refractivity contribution in [2.45, 2.75) is 26.7 Å². The average Bonchev–Trinajstić information content (AvgIpc) is 2.55. The summed E-state index contributed by atoms with van der Waals surface area (Å²) < 4.78 is 1.74. The number of rotatable bonds is 2. The van der Waals surface area contributed by atoms with Crippen LogP contribution in [-0.4, -0.2) is 14.8 Å². The minimum absolute atomic E-state index is 0.354. The molecule has 0 saturated carbocycles. The first-order chi connectivity index (χ1) is 8.00. The zero-order valence-corrected chi connectivity index (χ0v) is 10.7. The first-order valence-corrected chi connectivity index (χ1v) is 5.76. The average molecular weight is 230 g/mol. The molecule has 0 amide bonds. The molecule has 0 unspecified atom stereocenters. The van der Waals surface area contributed by atoms with Crippen molar-refractivity contribution in [2.75, 3.05) is 5.73 Å². The first-order valence-electron chi connectivity index (χ1n) is 5.76. The summed E-state index contributed by atoms with van der Waals surface area (Å²) in [4.78, 5) is 4.20. The highest BCUT2D eigenvalue weighted by molar-refractivity contribution is 5.69. The van der Waals surface area contributed by atoms with Gasteiger partial charge in [-0.15, -0.1) is 0 Å². The monoisotopic (exact) mass is 230 g/mol. The molecule has 0 aliphatic rings. The smallest absolute Gasteiger partial charge is 0.125 e. The highest BCUT2D eigenvalue weighted by atomic mass is 15.3. The van der Waals surface area contributed by atoms with Crippen molar-refractivity contribution >= 4 is 5.82 Å². The molecule has 0 radical (unpaired) electrons. The van der Waals surface area contributed by atoms with Gasteiger partial charge in [0.2, 0.25) is 0 Å². The highest BCUT2D eigenvalue weighted by Crippen LogP contribution is 2.32. The van der Waals surface area contributed by atoms with Crippen LogP contribution in [0.15, 0.2) is 18.3 Å². The Morgan fingerprint density at radius 3 is 2.65 bits per heavy atom. The number of anilines is 1. The third kappa shape index (κ3) is 2.02. The second-order valence-electron chi connectivity index (χ2n) is 4.61. The van der Waals surface area contributed by atoms with Gasteiger partial charge in [0.25, 0.3) is 0 Å². The van der Waals surface area contributed by atoms with E-state index in [1.54, 1.807) is 10.9 Å². The molecule has 0 atom stereocenters. The molecule has 0 aromatic carbocycles. The lowest BCUT2D eigenvalue weighted by molar-refractivity contribution is 0.780. The number of aryl methyl sites for hydroxylation is 2. The minimum Gasteiger partial charge on any atom is -0.384 e. The SMILES string of the molecule is Cc1cc(-c2nn(C)c(N)c2C(C)C)ccn1. The van der Waals surface area contributed by atoms with Crippen LogP contribution in [0, 0.1) is 6.92 Å². The van der Waals surface area contributed by atoms with Gasteiger partial charge >= 0.3 is 0 Å². The van der Waals surface area contributed by atoms with Crippen LogP contribution in [0.2, 0.25) is 0 Å². The van der Waals surface area contributed by atoms with Gasteiger partial charge in [-0.2, -0.15) is 5.10 Å². The molecule has 2 rings (SSSR count). The van der Waals surface area contributed by atoms with E-state index < -0.39 is 0 Å². The second kappa shape index (κ2) is 4.20. The van der Waals surface area contributed by atoms with Gasteiger partial charge < -0.3 is 5.73 Å². The fourth-order valence-electron chi connectivity index (χ4n) is 2.03. The summed E-state index contributed by atoms with van der Waals surface area (Å²) in [6, 6.07) is 4.01. The summed E-state index contributed by atoms with van der Waals surface area (Å²) in [5, 5.41) is 4.51. The van der Waals surface area contributed by atoms with Crippen molar-refractivity contribution < 1.29 is 0 Å². The van der Waals surface area contributed by atoms with E-state index in [1.807, 2.05) is 26.1 Å². The largest absolute Gasteiger partial charge is 0.384 e. The molecule has 2 heterocycles. The molecule has 2 aromatic rings. The Morgan fingerprint density at radius 1 is 1.35 bits per heavy atom. The number of hydrogen-bond acceptors (Lipinski definition) is 3. The predicted octanol–water partition coefficient (Wildman–Crippen LogP) is 2.50. The van der Waals surface area contributed by atoms with E-state index in [0.717, 1.165) is 28.3 Å². The van der Waals surface area contributed by atoms with Gasteiger partial charge in [-0.25, -0.2) is 0 Å². The minimum atomic E-state index is 0.354. The fraction of sp³-hybridized carbons (Fsp3) is 0.385. The van der Waals surface area contributed by atoms with Crippen LogP contribution < -0.4 is 5.73 Å². The predicted molar refractivity (Wildman–Crippen MR) is 69.7 cm³/mol. The molecule has 2 N–H and O–H groups in total. The van der Waals surface area contributed by atoms with Crippen molar-refractivity contribution in [1.29, 1.82) is 0 Å². The summed E-state index contributed by atoms with van der Waals surface area (Å²) in [6.07, 6.45) is 1.81. The van der Waals surface area contributed by atoms with Gasteiger partial charge in [-0.05, 0) is 25.0 Å². The molecule has 0 aliphatic heterocycles. The highest BCUT2D eigenvalue weighted by Gasteiger charge is 2.18. The Bertz CT molecular complexity index is 540. The van der Waals surface area contributed by atoms with Crippen molar-refractivity contribution in [3.8, 4) is 11.3 Å². The molecule has 0 saturated heterocycles. The summed E-state index contributed by atoms with van der Waals surface area (Å²) in [5.41, 5.74) is 10.2. The Balaban J connectivity index is 2.63. The lowest BCUT2D eigenvalue weighted by Gasteiger charge is -2.07. The van der Waals surface area contributed by atoms with Crippen LogP contribution in [-0.2, 0) is 7.05 Å². The van der Waals surface area contributed by atoms with Crippen molar-refractivity contribution in [2.24, 2.45) is 7.05 Å². The first kappa shape index (κ1) is 11.6. The Hall–Kier alpha value is -1.84. The molecule has 90 valence electrons. The molecular weight excluding hydrogens is 212 g/mol. The Labute approximate surface area is 101 Å². The van der Waals surface area contributed by atoms with Crippen LogP contribution in [0.5, 0.6) is 0 Å². The van der Waals surface area contributed by atoms with E-state index in [0.29, 0.717) is 5.92 Å². The van der Waals surface area contributed by atoms with Crippen LogP contribution in [0.25, 0.3) is 11.3 Å². The van der Waals surface area contributed by atoms with Crippen LogP contribution in [0.1, 0.15) is 31.0 Å². The maximum absolute atomic E-state index is 6.06. The van der Waals surface area contributed by atoms with Gasteiger partial charge in [0.15, 0.2) is 0 Å². The van der Waals surface area contributed by atoms with Gasteiger partial charge in [0.1, 0.15) is 5.82 Å². The summed E-state index contributed by atoms with van der Waals surface area (Å²) in [7, 11) is 1.87. The third-order valence-electron chi connectivity index (χ3n) is 2.88. The van der Waals surface area contributed by atoms with E-state index in [1.165, 1.54) is 0 Å². The Kier molecular flexibility index (Phi) is 2.88. The summed E-state index contributed by atoms with van der Waals surface area (Å²) >= 11 is 0. The van der Waals surface area contributed by atoms with E-state index in [2.05, 4.69) is 23.9 Å². The zero-order valence-electron chi connectivity index (χ0n) is 10.7. The zero-order chi connectivity index (χ0) is 12.6. The molecule has 4 heteroatoms. The molecule has 0 fully saturated rings. The molecular formula is C13H18N4. The topological polar surface area (TPSA) is 56.7 Å². The van der Waals surface area contributed by atoms with E-state index in [-0.39, 0.29) is 0 Å². The van der Waals surface area contributed by atoms with E-state index in [9.17, 15) is 0 Å². The van der Waals surface area contributed by atoms with Crippen molar-refractivity contribution in [3.63, 3.8) is 0 Å². The molecule has 0 spiro atoms. The number of nitrogen functional groups attached to an aromatic ring is 1. The van der Waals surface area contributed by atoms with Crippen molar-refractivity contribution in [1.82, 2.24) is 14.8 Å². The maximum atomic E-state index is 6.06. The summed E-state index contributed by atoms with van der Waals surface area (Å²) in [6.45, 7) is 6.24. The third-order valence-corrected chi connectivity index (χ3v) is 2.88. The Morgan fingerprint density at radius 2 is 2.06 bits per heavy atom. The van der Waals surface area contributed by atoms with Gasteiger partial charge in [0.05, 0.1) is 5.69 Å².